The van der Waals surface area contributed by atoms with Crippen LogP contribution in [-0.4, -0.2) is 30.9 Å². The molecule has 0 unspecified atom stereocenters. The first-order valence-corrected chi connectivity index (χ1v) is 11.6. The van der Waals surface area contributed by atoms with Gasteiger partial charge in [-0.05, 0) is 57.1 Å². The normalized spacial score (nSPS) is 25.6. The fourth-order valence-corrected chi connectivity index (χ4v) is 5.52. The number of dihydropyridines is 1. The molecule has 0 saturated heterocycles. The molecule has 3 aliphatic rings. The highest BCUT2D eigenvalue weighted by atomic mass is 35.5. The second-order valence-corrected chi connectivity index (χ2v) is 9.39. The predicted molar refractivity (Wildman–Crippen MR) is 120 cm³/mol. The molecule has 4 rings (SSSR count). The molecule has 0 amide bonds. The van der Waals surface area contributed by atoms with Crippen molar-refractivity contribution in [3.8, 4) is 0 Å². The van der Waals surface area contributed by atoms with Gasteiger partial charge in [0.05, 0.1) is 18.6 Å². The number of ether oxygens (including phenoxy) is 2. The van der Waals surface area contributed by atoms with Crippen LogP contribution in [0.4, 0.5) is 4.39 Å². The van der Waals surface area contributed by atoms with Crippen molar-refractivity contribution in [1.82, 2.24) is 5.32 Å². The number of ketones is 1. The van der Waals surface area contributed by atoms with E-state index in [1.165, 1.54) is 25.3 Å². The zero-order valence-corrected chi connectivity index (χ0v) is 19.6. The van der Waals surface area contributed by atoms with Gasteiger partial charge in [0.1, 0.15) is 17.8 Å². The Morgan fingerprint density at radius 3 is 2.55 bits per heavy atom. The Balaban J connectivity index is 1.86. The summed E-state index contributed by atoms with van der Waals surface area (Å²) in [6, 6.07) is 4.23. The zero-order valence-electron chi connectivity index (χ0n) is 18.9. The predicted octanol–water partition coefficient (Wildman–Crippen LogP) is 4.58. The van der Waals surface area contributed by atoms with Gasteiger partial charge in [0.25, 0.3) is 0 Å². The second kappa shape index (κ2) is 9.29. The Morgan fingerprint density at radius 2 is 1.91 bits per heavy atom. The van der Waals surface area contributed by atoms with Crippen molar-refractivity contribution in [3.05, 3.63) is 57.1 Å². The van der Waals surface area contributed by atoms with Gasteiger partial charge >= 0.3 is 11.9 Å². The Bertz CT molecular complexity index is 1050. The number of methoxy groups -OCH3 is 1. The van der Waals surface area contributed by atoms with Crippen LogP contribution in [0, 0.1) is 17.7 Å². The van der Waals surface area contributed by atoms with Crippen LogP contribution < -0.4 is 5.32 Å². The summed E-state index contributed by atoms with van der Waals surface area (Å²) in [5, 5.41) is 3.26. The van der Waals surface area contributed by atoms with Gasteiger partial charge in [-0.15, -0.1) is 0 Å². The molecule has 0 radical (unpaired) electrons. The topological polar surface area (TPSA) is 81.7 Å². The molecule has 2 aliphatic carbocycles. The van der Waals surface area contributed by atoms with Crippen LogP contribution in [0.25, 0.3) is 0 Å². The molecule has 176 valence electrons. The van der Waals surface area contributed by atoms with Gasteiger partial charge in [-0.25, -0.2) is 9.18 Å². The summed E-state index contributed by atoms with van der Waals surface area (Å²) in [5.41, 5.74) is 1.38. The van der Waals surface area contributed by atoms with E-state index < -0.39 is 35.4 Å². The molecule has 0 bridgehead atoms. The van der Waals surface area contributed by atoms with Crippen molar-refractivity contribution in [3.63, 3.8) is 0 Å². The van der Waals surface area contributed by atoms with Crippen molar-refractivity contribution in [2.45, 2.75) is 58.0 Å². The summed E-state index contributed by atoms with van der Waals surface area (Å²) in [6.45, 7) is 3.50. The second-order valence-electron chi connectivity index (χ2n) is 8.98. The maximum atomic E-state index is 15.2. The number of benzene rings is 1. The SMILES string of the molecule is COC(=O)[C@H]1C(=O)C2=C(C[C@@H]1C)NC(C)=C(C(=O)OC1CCCC1)[C@@H]2c1c(F)cccc1Cl. The first-order valence-electron chi connectivity index (χ1n) is 11.2. The molecule has 1 aromatic rings. The van der Waals surface area contributed by atoms with Crippen LogP contribution in [-0.2, 0) is 23.9 Å². The molecule has 1 aliphatic heterocycles. The number of hydrogen-bond donors (Lipinski definition) is 1. The molecule has 0 aromatic heterocycles. The maximum Gasteiger partial charge on any atom is 0.337 e. The molecule has 1 N–H and O–H groups in total. The van der Waals surface area contributed by atoms with Crippen LogP contribution in [0.15, 0.2) is 40.7 Å². The number of rotatable bonds is 4. The molecule has 33 heavy (non-hydrogen) atoms. The molecule has 1 fully saturated rings. The summed E-state index contributed by atoms with van der Waals surface area (Å²) < 4.78 is 25.8. The third-order valence-electron chi connectivity index (χ3n) is 6.83. The number of allylic oxidation sites excluding steroid dienone is 3. The number of carbonyl (C=O) groups excluding carboxylic acids is 3. The standard InChI is InChI=1S/C25H27ClFNO5/c1-12-11-17-21(23(29)18(12)24(30)32-3)22(20-15(26)9-6-10-16(20)27)19(13(2)28-17)25(31)33-14-7-4-5-8-14/h6,9-10,12,14,18,22,28H,4-5,7-8,11H2,1-3H3/t12-,18+,22+/m0/s1. The van der Waals surface area contributed by atoms with E-state index >= 15 is 4.39 Å². The van der Waals surface area contributed by atoms with Crippen molar-refractivity contribution < 1.29 is 28.2 Å². The molecule has 8 heteroatoms. The van der Waals surface area contributed by atoms with E-state index in [2.05, 4.69) is 5.32 Å². The Morgan fingerprint density at radius 1 is 1.21 bits per heavy atom. The van der Waals surface area contributed by atoms with Crippen molar-refractivity contribution >= 4 is 29.3 Å². The van der Waals surface area contributed by atoms with Crippen molar-refractivity contribution in [2.75, 3.05) is 7.11 Å². The highest BCUT2D eigenvalue weighted by Gasteiger charge is 2.48. The average Bonchev–Trinajstić information content (AvgIpc) is 3.25. The van der Waals surface area contributed by atoms with Crippen LogP contribution in [0.5, 0.6) is 0 Å². The Hall–Kier alpha value is -2.67. The Kier molecular flexibility index (Phi) is 6.61. The van der Waals surface area contributed by atoms with E-state index in [1.807, 2.05) is 0 Å². The number of Topliss-reactive ketones (excluding diaryl/α,β-unsaturated/α-hetero) is 1. The van der Waals surface area contributed by atoms with Crippen LogP contribution >= 0.6 is 11.6 Å². The average molecular weight is 476 g/mol. The van der Waals surface area contributed by atoms with E-state index in [-0.39, 0.29) is 33.8 Å². The number of hydrogen-bond acceptors (Lipinski definition) is 6. The van der Waals surface area contributed by atoms with Gasteiger partial charge in [0.2, 0.25) is 0 Å². The third-order valence-corrected chi connectivity index (χ3v) is 7.16. The van der Waals surface area contributed by atoms with Crippen molar-refractivity contribution in [1.29, 1.82) is 0 Å². The number of carbonyl (C=O) groups is 3. The van der Waals surface area contributed by atoms with E-state index in [0.717, 1.165) is 25.7 Å². The van der Waals surface area contributed by atoms with Crippen LogP contribution in [0.2, 0.25) is 5.02 Å². The minimum atomic E-state index is -1.09. The van der Waals surface area contributed by atoms with Gasteiger partial charge in [-0.1, -0.05) is 24.6 Å². The van der Waals surface area contributed by atoms with E-state index in [0.29, 0.717) is 17.8 Å². The molecule has 1 heterocycles. The summed E-state index contributed by atoms with van der Waals surface area (Å²) in [5.74, 6) is -4.85. The van der Waals surface area contributed by atoms with Gasteiger partial charge < -0.3 is 14.8 Å². The van der Waals surface area contributed by atoms with Gasteiger partial charge in [-0.2, -0.15) is 0 Å². The highest BCUT2D eigenvalue weighted by molar-refractivity contribution is 6.31. The minimum absolute atomic E-state index is 0.0254. The third kappa shape index (κ3) is 4.19. The van der Waals surface area contributed by atoms with Gasteiger partial charge in [-0.3, -0.25) is 9.59 Å². The summed E-state index contributed by atoms with van der Waals surface area (Å²) in [7, 11) is 1.23. The monoisotopic (exact) mass is 475 g/mol. The number of halogens is 2. The molecule has 1 saturated carbocycles. The summed E-state index contributed by atoms with van der Waals surface area (Å²) in [6.07, 6.45) is 3.64. The van der Waals surface area contributed by atoms with E-state index in [1.54, 1.807) is 13.8 Å². The van der Waals surface area contributed by atoms with E-state index in [9.17, 15) is 14.4 Å². The molecule has 1 aromatic carbocycles. The van der Waals surface area contributed by atoms with E-state index in [4.69, 9.17) is 21.1 Å². The first-order chi connectivity index (χ1) is 15.7. The number of nitrogens with one attached hydrogen (secondary N) is 1. The Labute approximate surface area is 197 Å². The van der Waals surface area contributed by atoms with Gasteiger partial charge in [0, 0.05) is 27.6 Å². The summed E-state index contributed by atoms with van der Waals surface area (Å²) >= 11 is 6.42. The summed E-state index contributed by atoms with van der Waals surface area (Å²) in [4.78, 5) is 39.5. The maximum absolute atomic E-state index is 15.2. The largest absolute Gasteiger partial charge is 0.468 e. The van der Waals surface area contributed by atoms with Crippen LogP contribution in [0.3, 0.4) is 0 Å². The molecule has 0 spiro atoms. The number of esters is 2. The highest BCUT2D eigenvalue weighted by Crippen LogP contribution is 2.47. The zero-order chi connectivity index (χ0) is 23.9. The smallest absolute Gasteiger partial charge is 0.337 e. The van der Waals surface area contributed by atoms with Crippen LogP contribution in [0.1, 0.15) is 57.4 Å². The molecular formula is C25H27ClFNO5. The molecule has 3 atom stereocenters. The fourth-order valence-electron chi connectivity index (χ4n) is 5.25. The quantitative estimate of drug-likeness (QED) is 0.507. The first kappa shape index (κ1) is 23.5. The molecular weight excluding hydrogens is 449 g/mol. The minimum Gasteiger partial charge on any atom is -0.468 e. The van der Waals surface area contributed by atoms with Gasteiger partial charge in [0.15, 0.2) is 5.78 Å². The lowest BCUT2D eigenvalue weighted by atomic mass is 9.69. The molecule has 6 nitrogen and oxygen atoms in total. The lowest BCUT2D eigenvalue weighted by molar-refractivity contribution is -0.151. The lowest BCUT2D eigenvalue weighted by Crippen LogP contribution is -2.43. The fraction of sp³-hybridized carbons (Fsp3) is 0.480. The van der Waals surface area contributed by atoms with Crippen molar-refractivity contribution in [2.24, 2.45) is 11.8 Å². The lowest BCUT2D eigenvalue weighted by Gasteiger charge is -2.38.